The van der Waals surface area contributed by atoms with Crippen LogP contribution in [0, 0.1) is 5.92 Å². The van der Waals surface area contributed by atoms with E-state index < -0.39 is 0 Å². The van der Waals surface area contributed by atoms with Gasteiger partial charge in [0.25, 0.3) is 0 Å². The first-order valence-corrected chi connectivity index (χ1v) is 3.98. The third-order valence-electron chi connectivity index (χ3n) is 1.82. The van der Waals surface area contributed by atoms with E-state index in [1.807, 2.05) is 6.92 Å². The molecule has 4 nitrogen and oxygen atoms in total. The number of ether oxygens (including phenoxy) is 1. The van der Waals surface area contributed by atoms with Gasteiger partial charge in [0.2, 0.25) is 5.91 Å². The molecule has 70 valence electrons. The number of nitrogens with two attached hydrogens (primary N) is 1. The average molecular weight is 173 g/mol. The summed E-state index contributed by atoms with van der Waals surface area (Å²) in [5.74, 6) is -0.847. The molecule has 0 aromatic carbocycles. The van der Waals surface area contributed by atoms with Gasteiger partial charge in [0.1, 0.15) is 0 Å². The van der Waals surface area contributed by atoms with Crippen molar-refractivity contribution in [2.75, 3.05) is 7.11 Å². The summed E-state index contributed by atoms with van der Waals surface area (Å²) < 4.78 is 4.43. The van der Waals surface area contributed by atoms with Crippen molar-refractivity contribution in [1.29, 1.82) is 0 Å². The van der Waals surface area contributed by atoms with Gasteiger partial charge in [-0.25, -0.2) is 0 Å². The van der Waals surface area contributed by atoms with Crippen molar-refractivity contribution in [3.8, 4) is 0 Å². The first kappa shape index (κ1) is 10.9. The Balaban J connectivity index is 3.73. The fourth-order valence-electron chi connectivity index (χ4n) is 0.942. The van der Waals surface area contributed by atoms with E-state index >= 15 is 0 Å². The Hall–Kier alpha value is -1.06. The molecule has 1 unspecified atom stereocenters. The lowest BCUT2D eigenvalue weighted by Gasteiger charge is -2.08. The molecule has 0 bridgehead atoms. The van der Waals surface area contributed by atoms with Gasteiger partial charge in [-0.3, -0.25) is 9.59 Å². The highest BCUT2D eigenvalue weighted by molar-refractivity contribution is 5.77. The summed E-state index contributed by atoms with van der Waals surface area (Å²) in [4.78, 5) is 21.4. The van der Waals surface area contributed by atoms with Crippen LogP contribution < -0.4 is 5.73 Å². The molecule has 4 heteroatoms. The third-order valence-corrected chi connectivity index (χ3v) is 1.82. The maximum atomic E-state index is 10.7. The maximum absolute atomic E-state index is 10.7. The van der Waals surface area contributed by atoms with Gasteiger partial charge in [-0.2, -0.15) is 0 Å². The third kappa shape index (κ3) is 3.95. The summed E-state index contributed by atoms with van der Waals surface area (Å²) in [5, 5.41) is 0. The Morgan fingerprint density at radius 3 is 2.42 bits per heavy atom. The molecule has 0 saturated carbocycles. The van der Waals surface area contributed by atoms with Crippen LogP contribution in [0.4, 0.5) is 0 Å². The molecule has 0 heterocycles. The van der Waals surface area contributed by atoms with Crippen molar-refractivity contribution >= 4 is 11.9 Å². The molecular weight excluding hydrogens is 158 g/mol. The van der Waals surface area contributed by atoms with E-state index in [1.54, 1.807) is 0 Å². The van der Waals surface area contributed by atoms with Crippen molar-refractivity contribution in [3.63, 3.8) is 0 Å². The highest BCUT2D eigenvalue weighted by Gasteiger charge is 2.14. The van der Waals surface area contributed by atoms with Gasteiger partial charge >= 0.3 is 5.97 Å². The van der Waals surface area contributed by atoms with E-state index in [2.05, 4.69) is 4.74 Å². The van der Waals surface area contributed by atoms with Crippen molar-refractivity contribution in [3.05, 3.63) is 0 Å². The number of carbonyl (C=O) groups is 2. The van der Waals surface area contributed by atoms with Crippen molar-refractivity contribution < 1.29 is 14.3 Å². The van der Waals surface area contributed by atoms with E-state index in [1.165, 1.54) is 7.11 Å². The normalized spacial score (nSPS) is 12.2. The number of primary amides is 1. The molecule has 1 amide bonds. The monoisotopic (exact) mass is 173 g/mol. The topological polar surface area (TPSA) is 69.4 Å². The smallest absolute Gasteiger partial charge is 0.305 e. The Bertz CT molecular complexity index is 168. The quantitative estimate of drug-likeness (QED) is 0.614. The fourth-order valence-corrected chi connectivity index (χ4v) is 0.942. The van der Waals surface area contributed by atoms with Crippen LogP contribution in [0.15, 0.2) is 0 Å². The fraction of sp³-hybridized carbons (Fsp3) is 0.750. The molecule has 0 fully saturated rings. The Morgan fingerprint density at radius 2 is 2.08 bits per heavy atom. The molecule has 0 rings (SSSR count). The Kier molecular flexibility index (Phi) is 5.08. The predicted octanol–water partition coefficient (Wildman–Crippen LogP) is 0.451. The molecule has 1 atom stereocenters. The second kappa shape index (κ2) is 5.57. The largest absolute Gasteiger partial charge is 0.469 e. The Morgan fingerprint density at radius 1 is 1.50 bits per heavy atom. The van der Waals surface area contributed by atoms with Crippen LogP contribution in [-0.2, 0) is 14.3 Å². The van der Waals surface area contributed by atoms with E-state index in [0.29, 0.717) is 12.8 Å². The van der Waals surface area contributed by atoms with E-state index in [9.17, 15) is 9.59 Å². The number of hydrogen-bond donors (Lipinski definition) is 1. The minimum absolute atomic E-state index is 0.205. The summed E-state index contributed by atoms with van der Waals surface area (Å²) in [6, 6.07) is 0. The summed E-state index contributed by atoms with van der Waals surface area (Å²) in [7, 11) is 1.33. The molecule has 0 aromatic heterocycles. The van der Waals surface area contributed by atoms with E-state index in [-0.39, 0.29) is 24.2 Å². The first-order valence-electron chi connectivity index (χ1n) is 3.98. The molecule has 0 aliphatic carbocycles. The van der Waals surface area contributed by atoms with Gasteiger partial charge in [-0.05, 0) is 12.8 Å². The molecule has 2 N–H and O–H groups in total. The summed E-state index contributed by atoms with van der Waals surface area (Å²) in [6.07, 6.45) is 1.42. The SMILES string of the molecule is CCC(CCC(=O)OC)C(N)=O. The van der Waals surface area contributed by atoms with Crippen LogP contribution >= 0.6 is 0 Å². The molecule has 0 spiro atoms. The Labute approximate surface area is 72.1 Å². The van der Waals surface area contributed by atoms with Gasteiger partial charge in [0.15, 0.2) is 0 Å². The van der Waals surface area contributed by atoms with Crippen LogP contribution in [0.2, 0.25) is 0 Å². The second-order valence-corrected chi connectivity index (χ2v) is 2.62. The van der Waals surface area contributed by atoms with Crippen LogP contribution in [0.1, 0.15) is 26.2 Å². The van der Waals surface area contributed by atoms with Crippen LogP contribution in [0.25, 0.3) is 0 Å². The molecular formula is C8H15NO3. The molecule has 0 aliphatic heterocycles. The van der Waals surface area contributed by atoms with Gasteiger partial charge in [-0.1, -0.05) is 6.92 Å². The number of amides is 1. The molecule has 12 heavy (non-hydrogen) atoms. The zero-order valence-electron chi connectivity index (χ0n) is 7.50. The standard InChI is InChI=1S/C8H15NO3/c1-3-6(8(9)11)4-5-7(10)12-2/h6H,3-5H2,1-2H3,(H2,9,11). The van der Waals surface area contributed by atoms with Gasteiger partial charge < -0.3 is 10.5 Å². The van der Waals surface area contributed by atoms with Crippen molar-refractivity contribution in [2.45, 2.75) is 26.2 Å². The van der Waals surface area contributed by atoms with Crippen molar-refractivity contribution in [2.24, 2.45) is 11.7 Å². The zero-order valence-corrected chi connectivity index (χ0v) is 7.50. The molecule has 0 radical (unpaired) electrons. The number of carbonyl (C=O) groups excluding carboxylic acids is 2. The lowest BCUT2D eigenvalue weighted by atomic mass is 10.00. The predicted molar refractivity (Wildman–Crippen MR) is 44.2 cm³/mol. The molecule has 0 saturated heterocycles. The highest BCUT2D eigenvalue weighted by atomic mass is 16.5. The lowest BCUT2D eigenvalue weighted by Crippen LogP contribution is -2.23. The number of rotatable bonds is 5. The first-order chi connectivity index (χ1) is 5.61. The number of methoxy groups -OCH3 is 1. The molecule has 0 aliphatic rings. The average Bonchev–Trinajstić information content (AvgIpc) is 2.04. The van der Waals surface area contributed by atoms with Crippen LogP contribution in [0.3, 0.4) is 0 Å². The van der Waals surface area contributed by atoms with Gasteiger partial charge in [0, 0.05) is 12.3 Å². The maximum Gasteiger partial charge on any atom is 0.305 e. The number of hydrogen-bond acceptors (Lipinski definition) is 3. The molecule has 0 aromatic rings. The van der Waals surface area contributed by atoms with Crippen LogP contribution in [0.5, 0.6) is 0 Å². The minimum Gasteiger partial charge on any atom is -0.469 e. The van der Waals surface area contributed by atoms with Crippen LogP contribution in [-0.4, -0.2) is 19.0 Å². The summed E-state index contributed by atoms with van der Waals surface area (Å²) in [5.41, 5.74) is 5.08. The van der Waals surface area contributed by atoms with Crippen molar-refractivity contribution in [1.82, 2.24) is 0 Å². The second-order valence-electron chi connectivity index (χ2n) is 2.62. The minimum atomic E-state index is -0.346. The summed E-state index contributed by atoms with van der Waals surface area (Å²) in [6.45, 7) is 1.87. The van der Waals surface area contributed by atoms with Gasteiger partial charge in [0.05, 0.1) is 7.11 Å². The van der Waals surface area contributed by atoms with E-state index in [0.717, 1.165) is 0 Å². The summed E-state index contributed by atoms with van der Waals surface area (Å²) >= 11 is 0. The highest BCUT2D eigenvalue weighted by Crippen LogP contribution is 2.10. The zero-order chi connectivity index (χ0) is 9.56. The number of esters is 1. The van der Waals surface area contributed by atoms with E-state index in [4.69, 9.17) is 5.73 Å². The van der Waals surface area contributed by atoms with Gasteiger partial charge in [-0.15, -0.1) is 0 Å². The lowest BCUT2D eigenvalue weighted by molar-refractivity contribution is -0.141.